The molecule has 0 fully saturated rings. The SMILES string of the molecule is CCCCc1ccc(C(=O)C(C)S(C)(=O)=O)cc1. The fraction of sp³-hybridized carbons (Fsp3) is 0.500. The van der Waals surface area contributed by atoms with Crippen LogP contribution in [0.15, 0.2) is 24.3 Å². The second-order valence-electron chi connectivity index (χ2n) is 4.64. The van der Waals surface area contributed by atoms with Crippen molar-refractivity contribution in [2.24, 2.45) is 0 Å². The summed E-state index contributed by atoms with van der Waals surface area (Å²) < 4.78 is 22.7. The molecule has 0 amide bonds. The van der Waals surface area contributed by atoms with Crippen molar-refractivity contribution in [1.82, 2.24) is 0 Å². The van der Waals surface area contributed by atoms with E-state index in [0.29, 0.717) is 5.56 Å². The van der Waals surface area contributed by atoms with Gasteiger partial charge in [0.1, 0.15) is 5.25 Å². The molecule has 1 aromatic rings. The minimum Gasteiger partial charge on any atom is -0.293 e. The normalized spacial score (nSPS) is 13.3. The molecule has 4 heteroatoms. The number of unbranched alkanes of at least 4 members (excludes halogenated alkanes) is 1. The third-order valence-electron chi connectivity index (χ3n) is 3.07. The van der Waals surface area contributed by atoms with Crippen LogP contribution in [-0.4, -0.2) is 25.7 Å². The fourth-order valence-corrected chi connectivity index (χ4v) is 2.17. The molecule has 1 atom stereocenters. The molecule has 0 saturated carbocycles. The molecular weight excluding hydrogens is 248 g/mol. The third kappa shape index (κ3) is 3.95. The number of hydrogen-bond acceptors (Lipinski definition) is 3. The van der Waals surface area contributed by atoms with Crippen molar-refractivity contribution in [3.05, 3.63) is 35.4 Å². The Morgan fingerprint density at radius 3 is 2.22 bits per heavy atom. The van der Waals surface area contributed by atoms with E-state index in [9.17, 15) is 13.2 Å². The van der Waals surface area contributed by atoms with Gasteiger partial charge in [-0.1, -0.05) is 37.6 Å². The lowest BCUT2D eigenvalue weighted by Crippen LogP contribution is -2.26. The summed E-state index contributed by atoms with van der Waals surface area (Å²) in [5, 5.41) is -0.973. The summed E-state index contributed by atoms with van der Waals surface area (Å²) >= 11 is 0. The number of rotatable bonds is 6. The van der Waals surface area contributed by atoms with E-state index in [4.69, 9.17) is 0 Å². The molecule has 0 saturated heterocycles. The molecule has 0 aliphatic heterocycles. The summed E-state index contributed by atoms with van der Waals surface area (Å²) in [5.74, 6) is -0.334. The minimum absolute atomic E-state index is 0.334. The predicted molar refractivity (Wildman–Crippen MR) is 73.7 cm³/mol. The Morgan fingerprint density at radius 2 is 1.78 bits per heavy atom. The van der Waals surface area contributed by atoms with Crippen LogP contribution in [0.25, 0.3) is 0 Å². The summed E-state index contributed by atoms with van der Waals surface area (Å²) in [4.78, 5) is 11.9. The molecule has 0 heterocycles. The van der Waals surface area contributed by atoms with Gasteiger partial charge in [-0.25, -0.2) is 8.42 Å². The van der Waals surface area contributed by atoms with Crippen LogP contribution in [0.5, 0.6) is 0 Å². The van der Waals surface area contributed by atoms with Crippen molar-refractivity contribution in [3.63, 3.8) is 0 Å². The van der Waals surface area contributed by atoms with Gasteiger partial charge in [-0.2, -0.15) is 0 Å². The van der Waals surface area contributed by atoms with Gasteiger partial charge in [0.25, 0.3) is 0 Å². The lowest BCUT2D eigenvalue weighted by molar-refractivity contribution is 0.0991. The molecule has 0 bridgehead atoms. The summed E-state index contributed by atoms with van der Waals surface area (Å²) in [7, 11) is -3.32. The van der Waals surface area contributed by atoms with Gasteiger partial charge < -0.3 is 0 Å². The summed E-state index contributed by atoms with van der Waals surface area (Å²) in [5.41, 5.74) is 1.65. The van der Waals surface area contributed by atoms with E-state index in [-0.39, 0.29) is 5.78 Å². The molecule has 1 unspecified atom stereocenters. The maximum absolute atomic E-state index is 11.9. The molecule has 18 heavy (non-hydrogen) atoms. The van der Waals surface area contributed by atoms with Crippen LogP contribution in [0.3, 0.4) is 0 Å². The standard InChI is InChI=1S/C14H20O3S/c1-4-5-6-12-7-9-13(10-8-12)14(15)11(2)18(3,16)17/h7-11H,4-6H2,1-3H3. The third-order valence-corrected chi connectivity index (χ3v) is 4.57. The number of benzene rings is 1. The van der Waals surface area contributed by atoms with Gasteiger partial charge in [-0.15, -0.1) is 0 Å². The van der Waals surface area contributed by atoms with Crippen LogP contribution in [0.1, 0.15) is 42.6 Å². The van der Waals surface area contributed by atoms with Gasteiger partial charge in [0.05, 0.1) is 0 Å². The second kappa shape index (κ2) is 6.14. The highest BCUT2D eigenvalue weighted by atomic mass is 32.2. The van der Waals surface area contributed by atoms with Gasteiger partial charge in [-0.05, 0) is 25.3 Å². The maximum Gasteiger partial charge on any atom is 0.180 e. The quantitative estimate of drug-likeness (QED) is 0.745. The molecule has 1 rings (SSSR count). The molecule has 1 aromatic carbocycles. The Kier molecular flexibility index (Phi) is 5.08. The van der Waals surface area contributed by atoms with Crippen LogP contribution in [0.2, 0.25) is 0 Å². The molecule has 0 aromatic heterocycles. The Bertz CT molecular complexity index is 500. The van der Waals surface area contributed by atoms with E-state index in [1.165, 1.54) is 12.5 Å². The van der Waals surface area contributed by atoms with Crippen LogP contribution >= 0.6 is 0 Å². The fourth-order valence-electron chi connectivity index (χ4n) is 1.65. The average molecular weight is 268 g/mol. The van der Waals surface area contributed by atoms with Crippen molar-refractivity contribution >= 4 is 15.6 Å². The molecule has 3 nitrogen and oxygen atoms in total. The highest BCUT2D eigenvalue weighted by molar-refractivity contribution is 7.92. The van der Waals surface area contributed by atoms with Gasteiger partial charge in [0.15, 0.2) is 15.6 Å². The number of aryl methyl sites for hydroxylation is 1. The Balaban J connectivity index is 2.82. The first-order valence-electron chi connectivity index (χ1n) is 6.18. The Hall–Kier alpha value is -1.16. The molecule has 0 aliphatic carbocycles. The molecule has 0 N–H and O–H groups in total. The first-order valence-corrected chi connectivity index (χ1v) is 8.13. The topological polar surface area (TPSA) is 51.2 Å². The smallest absolute Gasteiger partial charge is 0.180 e. The molecule has 0 radical (unpaired) electrons. The number of sulfone groups is 1. The molecule has 0 spiro atoms. The van der Waals surface area contributed by atoms with Crippen LogP contribution in [-0.2, 0) is 16.3 Å². The van der Waals surface area contributed by atoms with E-state index < -0.39 is 15.1 Å². The second-order valence-corrected chi connectivity index (χ2v) is 7.00. The van der Waals surface area contributed by atoms with E-state index in [2.05, 4.69) is 6.92 Å². The van der Waals surface area contributed by atoms with Gasteiger partial charge in [0, 0.05) is 11.8 Å². The van der Waals surface area contributed by atoms with E-state index in [0.717, 1.165) is 25.5 Å². The zero-order valence-corrected chi connectivity index (χ0v) is 12.0. The highest BCUT2D eigenvalue weighted by Gasteiger charge is 2.24. The average Bonchev–Trinajstić information content (AvgIpc) is 2.34. The number of hydrogen-bond donors (Lipinski definition) is 0. The first-order chi connectivity index (χ1) is 8.36. The lowest BCUT2D eigenvalue weighted by atomic mass is 10.0. The lowest BCUT2D eigenvalue weighted by Gasteiger charge is -2.08. The van der Waals surface area contributed by atoms with Crippen LogP contribution in [0.4, 0.5) is 0 Å². The highest BCUT2D eigenvalue weighted by Crippen LogP contribution is 2.12. The molecule has 0 aliphatic rings. The van der Waals surface area contributed by atoms with E-state index in [1.54, 1.807) is 12.1 Å². The van der Waals surface area contributed by atoms with Crippen molar-refractivity contribution < 1.29 is 13.2 Å². The summed E-state index contributed by atoms with van der Waals surface area (Å²) in [6, 6.07) is 7.24. The summed E-state index contributed by atoms with van der Waals surface area (Å²) in [6.45, 7) is 3.56. The van der Waals surface area contributed by atoms with Gasteiger partial charge in [-0.3, -0.25) is 4.79 Å². The Labute approximate surface area is 109 Å². The van der Waals surface area contributed by atoms with Gasteiger partial charge >= 0.3 is 0 Å². The van der Waals surface area contributed by atoms with Crippen LogP contribution < -0.4 is 0 Å². The van der Waals surface area contributed by atoms with Gasteiger partial charge in [0.2, 0.25) is 0 Å². The number of Topliss-reactive ketones (excluding diaryl/α,β-unsaturated/α-hetero) is 1. The number of ketones is 1. The molecular formula is C14H20O3S. The maximum atomic E-state index is 11.9. The largest absolute Gasteiger partial charge is 0.293 e. The minimum atomic E-state index is -3.32. The Morgan fingerprint density at radius 1 is 1.22 bits per heavy atom. The van der Waals surface area contributed by atoms with Crippen molar-refractivity contribution in [2.75, 3.05) is 6.26 Å². The number of carbonyl (C=O) groups is 1. The van der Waals surface area contributed by atoms with Crippen molar-refractivity contribution in [1.29, 1.82) is 0 Å². The monoisotopic (exact) mass is 268 g/mol. The van der Waals surface area contributed by atoms with Crippen LogP contribution in [0, 0.1) is 0 Å². The van der Waals surface area contributed by atoms with Crippen molar-refractivity contribution in [3.8, 4) is 0 Å². The molecule has 100 valence electrons. The zero-order valence-electron chi connectivity index (χ0n) is 11.1. The van der Waals surface area contributed by atoms with Crippen molar-refractivity contribution in [2.45, 2.75) is 38.4 Å². The summed E-state index contributed by atoms with van der Waals surface area (Å²) in [6.07, 6.45) is 4.33. The van der Waals surface area contributed by atoms with E-state index >= 15 is 0 Å². The van der Waals surface area contributed by atoms with E-state index in [1.807, 2.05) is 12.1 Å². The number of carbonyl (C=O) groups excluding carboxylic acids is 1. The zero-order chi connectivity index (χ0) is 13.8. The first kappa shape index (κ1) is 14.9. The predicted octanol–water partition coefficient (Wildman–Crippen LogP) is 2.65.